The highest BCUT2D eigenvalue weighted by atomic mass is 35.5. The minimum absolute atomic E-state index is 0.114. The van der Waals surface area contributed by atoms with Gasteiger partial charge in [-0.25, -0.2) is 0 Å². The van der Waals surface area contributed by atoms with Crippen molar-refractivity contribution in [2.75, 3.05) is 14.2 Å². The first kappa shape index (κ1) is 15.2. The molecule has 1 fully saturated rings. The minimum Gasteiger partial charge on any atom is -0.493 e. The summed E-state index contributed by atoms with van der Waals surface area (Å²) in [7, 11) is 3.11. The van der Waals surface area contributed by atoms with Gasteiger partial charge in [-0.15, -0.1) is 0 Å². The van der Waals surface area contributed by atoms with E-state index >= 15 is 0 Å². The Morgan fingerprint density at radius 1 is 1.10 bits per heavy atom. The fraction of sp³-hybridized carbons (Fsp3) is 0.562. The monoisotopic (exact) mass is 296 g/mol. The highest BCUT2D eigenvalue weighted by molar-refractivity contribution is 6.34. The first-order valence-corrected chi connectivity index (χ1v) is 7.36. The molecule has 0 aliphatic heterocycles. The third-order valence-electron chi connectivity index (χ3n) is 4.22. The molecule has 0 heterocycles. The van der Waals surface area contributed by atoms with E-state index in [1.807, 2.05) is 6.92 Å². The minimum atomic E-state index is -0.304. The molecule has 0 saturated heterocycles. The number of hydrogen-bond acceptors (Lipinski definition) is 3. The van der Waals surface area contributed by atoms with Gasteiger partial charge in [0.05, 0.1) is 19.2 Å². The summed E-state index contributed by atoms with van der Waals surface area (Å²) in [6.07, 6.45) is 5.27. The molecular formula is C16H21ClO3. The summed E-state index contributed by atoms with van der Waals surface area (Å²) in [6.45, 7) is 2.04. The molecule has 0 N–H and O–H groups in total. The van der Waals surface area contributed by atoms with Gasteiger partial charge in [-0.2, -0.15) is 0 Å². The second kappa shape index (κ2) is 6.04. The molecule has 1 aliphatic rings. The predicted molar refractivity (Wildman–Crippen MR) is 80.1 cm³/mol. The van der Waals surface area contributed by atoms with Gasteiger partial charge in [0.1, 0.15) is 0 Å². The summed E-state index contributed by atoms with van der Waals surface area (Å²) in [5, 5.41) is 0.430. The van der Waals surface area contributed by atoms with Crippen molar-refractivity contribution in [1.82, 2.24) is 0 Å². The van der Waals surface area contributed by atoms with E-state index in [-0.39, 0.29) is 11.2 Å². The molecule has 0 unspecified atom stereocenters. The van der Waals surface area contributed by atoms with Crippen LogP contribution in [0.4, 0.5) is 0 Å². The summed E-state index contributed by atoms with van der Waals surface area (Å²) in [5.41, 5.74) is 0.232. The highest BCUT2D eigenvalue weighted by Gasteiger charge is 2.36. The first-order chi connectivity index (χ1) is 9.51. The number of Topliss-reactive ketones (excluding diaryl/α,β-unsaturated/α-hetero) is 1. The van der Waals surface area contributed by atoms with Crippen LogP contribution in [0, 0.1) is 5.41 Å². The van der Waals surface area contributed by atoms with E-state index in [0.717, 1.165) is 25.7 Å². The molecule has 1 saturated carbocycles. The molecule has 0 bridgehead atoms. The Morgan fingerprint density at radius 3 is 2.20 bits per heavy atom. The van der Waals surface area contributed by atoms with Gasteiger partial charge in [0.25, 0.3) is 0 Å². The van der Waals surface area contributed by atoms with Crippen LogP contribution in [0.5, 0.6) is 11.5 Å². The average Bonchev–Trinajstić information content (AvgIpc) is 2.47. The zero-order valence-corrected chi connectivity index (χ0v) is 13.0. The molecule has 0 spiro atoms. The Bertz CT molecular complexity index is 505. The lowest BCUT2D eigenvalue weighted by Crippen LogP contribution is -2.30. The van der Waals surface area contributed by atoms with Crippen molar-refractivity contribution in [2.45, 2.75) is 39.0 Å². The number of halogens is 1. The molecule has 20 heavy (non-hydrogen) atoms. The Kier molecular flexibility index (Phi) is 4.59. The summed E-state index contributed by atoms with van der Waals surface area (Å²) in [5.74, 6) is 1.20. The highest BCUT2D eigenvalue weighted by Crippen LogP contribution is 2.42. The number of benzene rings is 1. The standard InChI is InChI=1S/C16H21ClO3/c1-16(7-5-4-6-8-16)15(18)11-9-13(19-2)14(20-3)10-12(11)17/h9-10H,4-8H2,1-3H3. The fourth-order valence-corrected chi connectivity index (χ4v) is 3.15. The lowest BCUT2D eigenvalue weighted by atomic mass is 9.71. The molecule has 0 radical (unpaired) electrons. The van der Waals surface area contributed by atoms with Crippen molar-refractivity contribution in [3.05, 3.63) is 22.7 Å². The second-order valence-electron chi connectivity index (χ2n) is 5.64. The van der Waals surface area contributed by atoms with Crippen LogP contribution in [-0.4, -0.2) is 20.0 Å². The molecule has 1 aromatic rings. The van der Waals surface area contributed by atoms with Crippen LogP contribution >= 0.6 is 11.6 Å². The Morgan fingerprint density at radius 2 is 1.65 bits per heavy atom. The van der Waals surface area contributed by atoms with E-state index in [2.05, 4.69) is 0 Å². The number of carbonyl (C=O) groups excluding carboxylic acids is 1. The fourth-order valence-electron chi connectivity index (χ4n) is 2.91. The zero-order valence-electron chi connectivity index (χ0n) is 12.3. The number of carbonyl (C=O) groups is 1. The molecule has 0 atom stereocenters. The van der Waals surface area contributed by atoms with Crippen LogP contribution in [-0.2, 0) is 0 Å². The Balaban J connectivity index is 2.39. The topological polar surface area (TPSA) is 35.5 Å². The van der Waals surface area contributed by atoms with E-state index in [4.69, 9.17) is 21.1 Å². The van der Waals surface area contributed by atoms with E-state index in [1.54, 1.807) is 26.4 Å². The molecule has 2 rings (SSSR count). The van der Waals surface area contributed by atoms with Gasteiger partial charge in [-0.05, 0) is 18.9 Å². The normalized spacial score (nSPS) is 17.6. The van der Waals surface area contributed by atoms with Gasteiger partial charge in [-0.3, -0.25) is 4.79 Å². The van der Waals surface area contributed by atoms with Gasteiger partial charge in [0.2, 0.25) is 0 Å². The van der Waals surface area contributed by atoms with Gasteiger partial charge in [0.15, 0.2) is 17.3 Å². The maximum absolute atomic E-state index is 12.8. The van der Waals surface area contributed by atoms with Crippen molar-refractivity contribution in [1.29, 1.82) is 0 Å². The lowest BCUT2D eigenvalue weighted by molar-refractivity contribution is 0.0749. The maximum Gasteiger partial charge on any atom is 0.170 e. The predicted octanol–water partition coefficient (Wildman–Crippen LogP) is 4.51. The number of ether oxygens (including phenoxy) is 2. The van der Waals surface area contributed by atoms with Crippen LogP contribution in [0.15, 0.2) is 12.1 Å². The SMILES string of the molecule is COc1cc(Cl)c(C(=O)C2(C)CCCCC2)cc1OC. The zero-order chi connectivity index (χ0) is 14.8. The molecule has 1 aromatic carbocycles. The molecule has 110 valence electrons. The van der Waals surface area contributed by atoms with Crippen LogP contribution in [0.1, 0.15) is 49.4 Å². The van der Waals surface area contributed by atoms with E-state index in [1.165, 1.54) is 6.42 Å². The largest absolute Gasteiger partial charge is 0.493 e. The molecule has 3 nitrogen and oxygen atoms in total. The van der Waals surface area contributed by atoms with Gasteiger partial charge in [0, 0.05) is 17.0 Å². The second-order valence-corrected chi connectivity index (χ2v) is 6.04. The number of ketones is 1. The van der Waals surface area contributed by atoms with Gasteiger partial charge in [-0.1, -0.05) is 37.8 Å². The van der Waals surface area contributed by atoms with E-state index in [9.17, 15) is 4.79 Å². The average molecular weight is 297 g/mol. The van der Waals surface area contributed by atoms with Crippen molar-refractivity contribution < 1.29 is 14.3 Å². The molecule has 0 aromatic heterocycles. The molecule has 1 aliphatic carbocycles. The third-order valence-corrected chi connectivity index (χ3v) is 4.54. The quantitative estimate of drug-likeness (QED) is 0.767. The van der Waals surface area contributed by atoms with Crippen LogP contribution in [0.2, 0.25) is 5.02 Å². The van der Waals surface area contributed by atoms with Crippen molar-refractivity contribution >= 4 is 17.4 Å². The summed E-state index contributed by atoms with van der Waals surface area (Å²) >= 11 is 6.26. The number of rotatable bonds is 4. The summed E-state index contributed by atoms with van der Waals surface area (Å²) < 4.78 is 10.5. The Labute approximate surface area is 125 Å². The van der Waals surface area contributed by atoms with E-state index in [0.29, 0.717) is 22.1 Å². The molecule has 4 heteroatoms. The smallest absolute Gasteiger partial charge is 0.170 e. The van der Waals surface area contributed by atoms with Crippen LogP contribution in [0.25, 0.3) is 0 Å². The number of methoxy groups -OCH3 is 2. The lowest BCUT2D eigenvalue weighted by Gasteiger charge is -2.32. The molecular weight excluding hydrogens is 276 g/mol. The maximum atomic E-state index is 12.8. The summed E-state index contributed by atoms with van der Waals surface area (Å²) in [6, 6.07) is 3.35. The van der Waals surface area contributed by atoms with Crippen LogP contribution < -0.4 is 9.47 Å². The van der Waals surface area contributed by atoms with E-state index < -0.39 is 0 Å². The molecule has 0 amide bonds. The van der Waals surface area contributed by atoms with Gasteiger partial charge >= 0.3 is 0 Å². The summed E-state index contributed by atoms with van der Waals surface area (Å²) in [4.78, 5) is 12.8. The van der Waals surface area contributed by atoms with Crippen molar-refractivity contribution in [3.63, 3.8) is 0 Å². The number of hydrogen-bond donors (Lipinski definition) is 0. The van der Waals surface area contributed by atoms with Gasteiger partial charge < -0.3 is 9.47 Å². The van der Waals surface area contributed by atoms with Crippen molar-refractivity contribution in [2.24, 2.45) is 5.41 Å². The van der Waals surface area contributed by atoms with Crippen molar-refractivity contribution in [3.8, 4) is 11.5 Å². The Hall–Kier alpha value is -1.22. The van der Waals surface area contributed by atoms with Crippen LogP contribution in [0.3, 0.4) is 0 Å². The first-order valence-electron chi connectivity index (χ1n) is 6.98. The third kappa shape index (κ3) is 2.78.